The summed E-state index contributed by atoms with van der Waals surface area (Å²) < 4.78 is 0. The number of allylic oxidation sites excluding steroid dienone is 1. The molecular weight excluding hydrogens is 180 g/mol. The molecule has 0 saturated heterocycles. The fraction of sp³-hybridized carbons (Fsp3) is 0.867. The van der Waals surface area contributed by atoms with E-state index in [1.54, 1.807) is 5.57 Å². The van der Waals surface area contributed by atoms with E-state index in [-0.39, 0.29) is 0 Å². The van der Waals surface area contributed by atoms with E-state index in [0.29, 0.717) is 5.41 Å². The molecule has 0 heteroatoms. The molecule has 0 aromatic carbocycles. The second-order valence-electron chi connectivity index (χ2n) is 6.89. The van der Waals surface area contributed by atoms with Crippen molar-refractivity contribution in [3.63, 3.8) is 0 Å². The molecule has 0 unspecified atom stereocenters. The zero-order chi connectivity index (χ0) is 10.8. The van der Waals surface area contributed by atoms with Gasteiger partial charge in [0.05, 0.1) is 0 Å². The minimum atomic E-state index is 0.655. The van der Waals surface area contributed by atoms with Crippen LogP contribution in [0.5, 0.6) is 0 Å². The monoisotopic (exact) mass is 204 g/mol. The highest BCUT2D eigenvalue weighted by Crippen LogP contribution is 2.70. The highest BCUT2D eigenvalue weighted by molar-refractivity contribution is 5.20. The minimum absolute atomic E-state index is 0.655. The Morgan fingerprint density at radius 2 is 1.93 bits per heavy atom. The molecule has 0 amide bonds. The predicted molar refractivity (Wildman–Crippen MR) is 64.5 cm³/mol. The summed E-state index contributed by atoms with van der Waals surface area (Å²) >= 11 is 0. The summed E-state index contributed by atoms with van der Waals surface area (Å²) in [5.74, 6) is 4.87. The van der Waals surface area contributed by atoms with Crippen molar-refractivity contribution < 1.29 is 0 Å². The molecule has 0 heterocycles. The van der Waals surface area contributed by atoms with Crippen LogP contribution in [-0.4, -0.2) is 0 Å². The van der Waals surface area contributed by atoms with E-state index in [1.807, 2.05) is 0 Å². The largest absolute Gasteiger partial charge is 0.0996 e. The summed E-state index contributed by atoms with van der Waals surface area (Å²) in [5, 5.41) is 0. The van der Waals surface area contributed by atoms with Crippen LogP contribution in [0.2, 0.25) is 0 Å². The fourth-order valence-corrected chi connectivity index (χ4v) is 4.93. The third kappa shape index (κ3) is 1.20. The van der Waals surface area contributed by atoms with Gasteiger partial charge in [-0.15, -0.1) is 0 Å². The Hall–Kier alpha value is -0.260. The zero-order valence-corrected chi connectivity index (χ0v) is 10.4. The second-order valence-corrected chi connectivity index (χ2v) is 6.89. The van der Waals surface area contributed by atoms with Crippen molar-refractivity contribution in [3.05, 3.63) is 12.2 Å². The summed E-state index contributed by atoms with van der Waals surface area (Å²) in [5.41, 5.74) is 2.25. The van der Waals surface area contributed by atoms with Gasteiger partial charge >= 0.3 is 0 Å². The number of fused-ring (bicyclic) bond motifs is 3. The van der Waals surface area contributed by atoms with Crippen LogP contribution in [0.15, 0.2) is 12.2 Å². The van der Waals surface area contributed by atoms with Crippen LogP contribution in [0.4, 0.5) is 0 Å². The maximum absolute atomic E-state index is 4.35. The summed E-state index contributed by atoms with van der Waals surface area (Å²) in [6.07, 6.45) is 5.63. The third-order valence-corrected chi connectivity index (χ3v) is 5.91. The van der Waals surface area contributed by atoms with Crippen molar-refractivity contribution in [3.8, 4) is 0 Å². The van der Waals surface area contributed by atoms with Crippen molar-refractivity contribution in [2.75, 3.05) is 0 Å². The lowest BCUT2D eigenvalue weighted by atomic mass is 9.80. The van der Waals surface area contributed by atoms with Gasteiger partial charge < -0.3 is 0 Å². The number of hydrogen-bond acceptors (Lipinski definition) is 0. The van der Waals surface area contributed by atoms with E-state index in [4.69, 9.17) is 0 Å². The Kier molecular flexibility index (Phi) is 1.92. The first-order valence-electron chi connectivity index (χ1n) is 6.71. The first-order valence-corrected chi connectivity index (χ1v) is 6.71. The lowest BCUT2D eigenvalue weighted by Crippen LogP contribution is -2.18. The standard InChI is InChI=1S/C15H24/c1-9-6-8-12-14(15(12,3)4)13-10(2)5-7-11(9)13/h10-14H,1,5-8H2,2-4H3/t10-,11+,12-,13-,14-/m0/s1. The van der Waals surface area contributed by atoms with Crippen LogP contribution in [0.3, 0.4) is 0 Å². The zero-order valence-electron chi connectivity index (χ0n) is 10.4. The average Bonchev–Trinajstić information content (AvgIpc) is 2.55. The summed E-state index contributed by atoms with van der Waals surface area (Å²) in [4.78, 5) is 0. The van der Waals surface area contributed by atoms with E-state index >= 15 is 0 Å². The van der Waals surface area contributed by atoms with Gasteiger partial charge in [0.25, 0.3) is 0 Å². The molecule has 3 saturated carbocycles. The van der Waals surface area contributed by atoms with Crippen molar-refractivity contribution in [2.24, 2.45) is 35.0 Å². The molecule has 5 atom stereocenters. The van der Waals surface area contributed by atoms with Gasteiger partial charge in [0, 0.05) is 0 Å². The summed E-state index contributed by atoms with van der Waals surface area (Å²) in [6.45, 7) is 11.8. The van der Waals surface area contributed by atoms with Gasteiger partial charge in [0.15, 0.2) is 0 Å². The van der Waals surface area contributed by atoms with Crippen LogP contribution >= 0.6 is 0 Å². The molecule has 0 N–H and O–H groups in total. The molecule has 0 spiro atoms. The molecule has 0 bridgehead atoms. The molecule has 0 aromatic heterocycles. The maximum Gasteiger partial charge on any atom is -0.0172 e. The van der Waals surface area contributed by atoms with Gasteiger partial charge in [-0.25, -0.2) is 0 Å². The van der Waals surface area contributed by atoms with Crippen LogP contribution in [-0.2, 0) is 0 Å². The fourth-order valence-electron chi connectivity index (χ4n) is 4.93. The molecule has 0 aromatic rings. The molecular formula is C15H24. The molecule has 0 radical (unpaired) electrons. The molecule has 3 aliphatic carbocycles. The van der Waals surface area contributed by atoms with Gasteiger partial charge in [-0.05, 0) is 60.7 Å². The molecule has 15 heavy (non-hydrogen) atoms. The number of hydrogen-bond donors (Lipinski definition) is 0. The molecule has 3 fully saturated rings. The highest BCUT2D eigenvalue weighted by atomic mass is 14.7. The van der Waals surface area contributed by atoms with Crippen molar-refractivity contribution in [1.82, 2.24) is 0 Å². The van der Waals surface area contributed by atoms with Crippen LogP contribution < -0.4 is 0 Å². The van der Waals surface area contributed by atoms with Gasteiger partial charge in [0.2, 0.25) is 0 Å². The smallest absolute Gasteiger partial charge is 0.0172 e. The quantitative estimate of drug-likeness (QED) is 0.517. The average molecular weight is 204 g/mol. The predicted octanol–water partition coefficient (Wildman–Crippen LogP) is 4.27. The van der Waals surface area contributed by atoms with Crippen LogP contribution in [0.1, 0.15) is 46.5 Å². The lowest BCUT2D eigenvalue weighted by molar-refractivity contribution is 0.280. The SMILES string of the molecule is C=C1CC[C@H]2[C@@H]([C@@H]3[C@@H]1CC[C@@H]3C)C2(C)C. The van der Waals surface area contributed by atoms with E-state index in [0.717, 1.165) is 29.6 Å². The van der Waals surface area contributed by atoms with Gasteiger partial charge in [-0.1, -0.05) is 32.9 Å². The first kappa shape index (κ1) is 9.93. The van der Waals surface area contributed by atoms with Crippen LogP contribution in [0.25, 0.3) is 0 Å². The molecule has 0 aliphatic heterocycles. The van der Waals surface area contributed by atoms with Gasteiger partial charge in [-0.2, -0.15) is 0 Å². The summed E-state index contributed by atoms with van der Waals surface area (Å²) in [6, 6.07) is 0. The lowest BCUT2D eigenvalue weighted by Gasteiger charge is -2.25. The van der Waals surface area contributed by atoms with Crippen molar-refractivity contribution in [1.29, 1.82) is 0 Å². The Morgan fingerprint density at radius 1 is 1.20 bits per heavy atom. The minimum Gasteiger partial charge on any atom is -0.0996 e. The van der Waals surface area contributed by atoms with Crippen molar-refractivity contribution >= 4 is 0 Å². The Bertz CT molecular complexity index is 299. The van der Waals surface area contributed by atoms with E-state index in [2.05, 4.69) is 27.4 Å². The molecule has 84 valence electrons. The Labute approximate surface area is 94.1 Å². The van der Waals surface area contributed by atoms with Crippen molar-refractivity contribution in [2.45, 2.75) is 46.5 Å². The van der Waals surface area contributed by atoms with Gasteiger partial charge in [0.1, 0.15) is 0 Å². The third-order valence-electron chi connectivity index (χ3n) is 5.91. The second kappa shape index (κ2) is 2.90. The normalized spacial score (nSPS) is 51.9. The van der Waals surface area contributed by atoms with Gasteiger partial charge in [-0.3, -0.25) is 0 Å². The van der Waals surface area contributed by atoms with E-state index in [1.165, 1.54) is 25.7 Å². The maximum atomic E-state index is 4.35. The molecule has 0 nitrogen and oxygen atoms in total. The summed E-state index contributed by atoms with van der Waals surface area (Å²) in [7, 11) is 0. The van der Waals surface area contributed by atoms with E-state index in [9.17, 15) is 0 Å². The topological polar surface area (TPSA) is 0 Å². The number of rotatable bonds is 0. The molecule has 3 aliphatic rings. The molecule has 3 rings (SSSR count). The first-order chi connectivity index (χ1) is 7.03. The van der Waals surface area contributed by atoms with Crippen LogP contribution in [0, 0.1) is 35.0 Å². The Morgan fingerprint density at radius 3 is 2.67 bits per heavy atom. The highest BCUT2D eigenvalue weighted by Gasteiger charge is 2.64. The van der Waals surface area contributed by atoms with E-state index < -0.39 is 0 Å². The Balaban J connectivity index is 1.93.